The minimum Gasteiger partial charge on any atom is -0.504 e. The summed E-state index contributed by atoms with van der Waals surface area (Å²) in [6.07, 6.45) is 0. The summed E-state index contributed by atoms with van der Waals surface area (Å²) in [4.78, 5) is 17.0. The standard InChI is InChI=1S/C26H21N3O3/c1-16-22(19-13-14-20(30)21(15-19)32-2)26(31)29-25(27-16)23(17-9-5-3-6-10-17)24(28-29)18-11-7-4-8-12-18/h3-15,27,30H,1-2H3. The van der Waals surface area contributed by atoms with Gasteiger partial charge in [-0.05, 0) is 30.2 Å². The zero-order valence-corrected chi connectivity index (χ0v) is 17.7. The quantitative estimate of drug-likeness (QED) is 0.424. The van der Waals surface area contributed by atoms with E-state index in [0.29, 0.717) is 28.2 Å². The van der Waals surface area contributed by atoms with Crippen LogP contribution in [0.1, 0.15) is 5.69 Å². The molecule has 5 rings (SSSR count). The molecule has 0 atom stereocenters. The Labute approximate surface area is 184 Å². The Hall–Kier alpha value is -4.32. The molecule has 5 aromatic rings. The van der Waals surface area contributed by atoms with Crippen LogP contribution in [0.3, 0.4) is 0 Å². The van der Waals surface area contributed by atoms with E-state index in [0.717, 1.165) is 22.4 Å². The summed E-state index contributed by atoms with van der Waals surface area (Å²) in [5.74, 6) is 0.319. The lowest BCUT2D eigenvalue weighted by atomic mass is 10.0. The third-order valence-corrected chi connectivity index (χ3v) is 5.55. The van der Waals surface area contributed by atoms with E-state index in [1.165, 1.54) is 17.7 Å². The number of fused-ring (bicyclic) bond motifs is 1. The van der Waals surface area contributed by atoms with Gasteiger partial charge >= 0.3 is 0 Å². The number of phenolic OH excluding ortho intramolecular Hbond substituents is 1. The second-order valence-corrected chi connectivity index (χ2v) is 7.53. The fraction of sp³-hybridized carbons (Fsp3) is 0.0769. The molecule has 0 saturated heterocycles. The Kier molecular flexibility index (Phi) is 4.75. The number of aromatic amines is 1. The van der Waals surface area contributed by atoms with Gasteiger partial charge in [-0.25, -0.2) is 0 Å². The maximum Gasteiger partial charge on any atom is 0.282 e. The van der Waals surface area contributed by atoms with E-state index in [1.807, 2.05) is 67.6 Å². The van der Waals surface area contributed by atoms with E-state index in [9.17, 15) is 9.90 Å². The molecule has 0 aliphatic rings. The van der Waals surface area contributed by atoms with Crippen molar-refractivity contribution in [1.82, 2.24) is 14.6 Å². The maximum absolute atomic E-state index is 13.6. The van der Waals surface area contributed by atoms with Gasteiger partial charge in [-0.15, -0.1) is 0 Å². The minimum atomic E-state index is -0.247. The van der Waals surface area contributed by atoms with E-state index >= 15 is 0 Å². The molecule has 3 aromatic carbocycles. The van der Waals surface area contributed by atoms with Gasteiger partial charge in [0, 0.05) is 11.3 Å². The number of rotatable bonds is 4. The van der Waals surface area contributed by atoms with Crippen molar-refractivity contribution in [3.63, 3.8) is 0 Å². The van der Waals surface area contributed by atoms with Gasteiger partial charge in [-0.3, -0.25) is 4.79 Å². The Balaban J connectivity index is 1.84. The minimum absolute atomic E-state index is 0.0169. The third kappa shape index (κ3) is 3.13. The summed E-state index contributed by atoms with van der Waals surface area (Å²) in [7, 11) is 1.48. The number of benzene rings is 3. The number of hydrogen-bond donors (Lipinski definition) is 2. The number of H-pyrrole nitrogens is 1. The first kappa shape index (κ1) is 19.6. The number of aryl methyl sites for hydroxylation is 1. The van der Waals surface area contributed by atoms with Crippen molar-refractivity contribution >= 4 is 5.65 Å². The Morgan fingerprint density at radius 2 is 1.53 bits per heavy atom. The molecule has 0 saturated carbocycles. The van der Waals surface area contributed by atoms with Crippen molar-refractivity contribution in [2.45, 2.75) is 6.92 Å². The van der Waals surface area contributed by atoms with Crippen LogP contribution in [-0.2, 0) is 0 Å². The molecule has 0 unspecified atom stereocenters. The number of ether oxygens (including phenoxy) is 1. The molecule has 0 bridgehead atoms. The van der Waals surface area contributed by atoms with E-state index < -0.39 is 0 Å². The van der Waals surface area contributed by atoms with Gasteiger partial charge in [0.25, 0.3) is 5.56 Å². The van der Waals surface area contributed by atoms with Crippen LogP contribution < -0.4 is 10.3 Å². The summed E-state index contributed by atoms with van der Waals surface area (Å²) in [6, 6.07) is 24.6. The van der Waals surface area contributed by atoms with Crippen LogP contribution in [0.5, 0.6) is 11.5 Å². The highest BCUT2D eigenvalue weighted by Crippen LogP contribution is 2.35. The molecule has 0 aliphatic carbocycles. The average molecular weight is 423 g/mol. The molecule has 2 aromatic heterocycles. The molecular formula is C26H21N3O3. The van der Waals surface area contributed by atoms with Crippen molar-refractivity contribution in [1.29, 1.82) is 0 Å². The molecular weight excluding hydrogens is 402 g/mol. The third-order valence-electron chi connectivity index (χ3n) is 5.55. The Morgan fingerprint density at radius 3 is 2.19 bits per heavy atom. The molecule has 6 heteroatoms. The molecule has 32 heavy (non-hydrogen) atoms. The zero-order valence-electron chi connectivity index (χ0n) is 17.7. The van der Waals surface area contributed by atoms with Crippen LogP contribution in [0.4, 0.5) is 0 Å². The van der Waals surface area contributed by atoms with Crippen LogP contribution in [0, 0.1) is 6.92 Å². The predicted octanol–water partition coefficient (Wildman–Crippen LogP) is 5.05. The van der Waals surface area contributed by atoms with Gasteiger partial charge in [0.1, 0.15) is 11.3 Å². The van der Waals surface area contributed by atoms with E-state index in [4.69, 9.17) is 9.84 Å². The van der Waals surface area contributed by atoms with Crippen molar-refractivity contribution in [3.05, 3.63) is 94.9 Å². The topological polar surface area (TPSA) is 79.6 Å². The highest BCUT2D eigenvalue weighted by molar-refractivity contribution is 5.91. The second-order valence-electron chi connectivity index (χ2n) is 7.53. The smallest absolute Gasteiger partial charge is 0.282 e. The van der Waals surface area contributed by atoms with Gasteiger partial charge < -0.3 is 14.8 Å². The van der Waals surface area contributed by atoms with Gasteiger partial charge in [0.2, 0.25) is 0 Å². The molecule has 158 valence electrons. The first-order valence-corrected chi connectivity index (χ1v) is 10.2. The molecule has 0 aliphatic heterocycles. The number of methoxy groups -OCH3 is 1. The van der Waals surface area contributed by atoms with E-state index in [-0.39, 0.29) is 11.3 Å². The maximum atomic E-state index is 13.6. The lowest BCUT2D eigenvalue weighted by Gasteiger charge is -2.10. The van der Waals surface area contributed by atoms with Crippen molar-refractivity contribution in [2.24, 2.45) is 0 Å². The van der Waals surface area contributed by atoms with Crippen LogP contribution in [0.2, 0.25) is 0 Å². The number of phenols is 1. The number of aromatic nitrogens is 3. The van der Waals surface area contributed by atoms with E-state index in [2.05, 4.69) is 4.98 Å². The summed E-state index contributed by atoms with van der Waals surface area (Å²) < 4.78 is 6.65. The fourth-order valence-corrected chi connectivity index (χ4v) is 4.04. The van der Waals surface area contributed by atoms with Gasteiger partial charge in [-0.1, -0.05) is 66.7 Å². The molecule has 0 amide bonds. The summed E-state index contributed by atoms with van der Waals surface area (Å²) >= 11 is 0. The Bertz CT molecular complexity index is 1490. The molecule has 0 fully saturated rings. The predicted molar refractivity (Wildman–Crippen MR) is 125 cm³/mol. The summed E-state index contributed by atoms with van der Waals surface area (Å²) in [6.45, 7) is 1.86. The zero-order chi connectivity index (χ0) is 22.2. The fourth-order valence-electron chi connectivity index (χ4n) is 4.04. The molecule has 6 nitrogen and oxygen atoms in total. The summed E-state index contributed by atoms with van der Waals surface area (Å²) in [5.41, 5.74) is 5.68. The van der Waals surface area contributed by atoms with Crippen LogP contribution in [0.15, 0.2) is 83.7 Å². The lowest BCUT2D eigenvalue weighted by Crippen LogP contribution is -2.19. The van der Waals surface area contributed by atoms with Crippen LogP contribution in [-0.4, -0.2) is 26.8 Å². The van der Waals surface area contributed by atoms with Crippen molar-refractivity contribution in [2.75, 3.05) is 7.11 Å². The number of hydrogen-bond acceptors (Lipinski definition) is 4. The van der Waals surface area contributed by atoms with Crippen molar-refractivity contribution in [3.8, 4) is 45.0 Å². The average Bonchev–Trinajstić information content (AvgIpc) is 3.21. The molecule has 0 radical (unpaired) electrons. The highest BCUT2D eigenvalue weighted by atomic mass is 16.5. The molecule has 2 heterocycles. The molecule has 0 spiro atoms. The van der Waals surface area contributed by atoms with Gasteiger partial charge in [0.15, 0.2) is 11.5 Å². The first-order chi connectivity index (χ1) is 15.6. The van der Waals surface area contributed by atoms with Crippen LogP contribution >= 0.6 is 0 Å². The molecule has 2 N–H and O–H groups in total. The first-order valence-electron chi connectivity index (χ1n) is 10.2. The summed E-state index contributed by atoms with van der Waals surface area (Å²) in [5, 5.41) is 14.7. The van der Waals surface area contributed by atoms with Gasteiger partial charge in [0.05, 0.1) is 18.2 Å². The SMILES string of the molecule is COc1cc(-c2c(C)[nH]c3c(-c4ccccc4)c(-c4ccccc4)nn3c2=O)ccc1O. The highest BCUT2D eigenvalue weighted by Gasteiger charge is 2.21. The Morgan fingerprint density at radius 1 is 0.875 bits per heavy atom. The van der Waals surface area contributed by atoms with Crippen LogP contribution in [0.25, 0.3) is 39.2 Å². The second kappa shape index (κ2) is 7.74. The normalized spacial score (nSPS) is 11.1. The number of aromatic hydroxyl groups is 1. The monoisotopic (exact) mass is 423 g/mol. The number of nitrogens with zero attached hydrogens (tertiary/aromatic N) is 2. The number of nitrogens with one attached hydrogen (secondary N) is 1. The lowest BCUT2D eigenvalue weighted by molar-refractivity contribution is 0.373. The van der Waals surface area contributed by atoms with Gasteiger partial charge in [-0.2, -0.15) is 9.61 Å². The largest absolute Gasteiger partial charge is 0.504 e. The van der Waals surface area contributed by atoms with Crippen molar-refractivity contribution < 1.29 is 9.84 Å². The van der Waals surface area contributed by atoms with E-state index in [1.54, 1.807) is 12.1 Å².